The fourth-order valence-electron chi connectivity index (χ4n) is 4.74. The second-order valence-electron chi connectivity index (χ2n) is 8.48. The van der Waals surface area contributed by atoms with Crippen molar-refractivity contribution in [3.8, 4) is 0 Å². The number of nitrogens with zero attached hydrogens (tertiary/aromatic N) is 2. The summed E-state index contributed by atoms with van der Waals surface area (Å²) >= 11 is 0. The molecule has 0 saturated carbocycles. The number of Topliss-reactive ketones (excluding diaryl/α,β-unsaturated/α-hetero) is 1. The van der Waals surface area contributed by atoms with E-state index in [1.54, 1.807) is 53.1 Å². The molecule has 0 spiro atoms. The molecule has 1 aliphatic rings. The van der Waals surface area contributed by atoms with E-state index in [1.165, 1.54) is 6.07 Å². The van der Waals surface area contributed by atoms with Crippen molar-refractivity contribution in [2.75, 3.05) is 6.54 Å². The van der Waals surface area contributed by atoms with Crippen molar-refractivity contribution in [2.24, 2.45) is 10.7 Å². The number of nitrogens with two attached hydrogens (primary N) is 1. The predicted octanol–water partition coefficient (Wildman–Crippen LogP) is 3.48. The van der Waals surface area contributed by atoms with Crippen LogP contribution in [0.2, 0.25) is 0 Å². The molecule has 0 bridgehead atoms. The van der Waals surface area contributed by atoms with Crippen LogP contribution in [0.15, 0.2) is 77.8 Å². The van der Waals surface area contributed by atoms with Gasteiger partial charge in [-0.1, -0.05) is 60.7 Å². The zero-order valence-corrected chi connectivity index (χ0v) is 19.1. The number of benzene rings is 3. The second-order valence-corrected chi connectivity index (χ2v) is 8.48. The van der Waals surface area contributed by atoms with E-state index >= 15 is 0 Å². The predicted molar refractivity (Wildman–Crippen MR) is 134 cm³/mol. The average molecular weight is 479 g/mol. The topological polar surface area (TPSA) is 132 Å². The molecule has 0 atom stereocenters. The van der Waals surface area contributed by atoms with Crippen LogP contribution < -0.4 is 5.73 Å². The zero-order chi connectivity index (χ0) is 25.4. The van der Waals surface area contributed by atoms with Crippen LogP contribution in [0.4, 0.5) is 0 Å². The molecule has 1 aliphatic heterocycles. The van der Waals surface area contributed by atoms with Gasteiger partial charge in [0.25, 0.3) is 0 Å². The number of amides is 1. The first-order chi connectivity index (χ1) is 17.4. The third-order valence-corrected chi connectivity index (χ3v) is 6.27. The molecule has 8 heteroatoms. The van der Waals surface area contributed by atoms with E-state index in [0.717, 1.165) is 0 Å². The minimum Gasteiger partial charge on any atom is -0.481 e. The molecule has 0 fully saturated rings. The summed E-state index contributed by atoms with van der Waals surface area (Å²) in [5.74, 6) is -2.29. The molecule has 5 rings (SSSR count). The van der Waals surface area contributed by atoms with Crippen LogP contribution in [-0.2, 0) is 11.3 Å². The summed E-state index contributed by atoms with van der Waals surface area (Å²) in [6, 6.07) is 20.9. The third kappa shape index (κ3) is 3.88. The van der Waals surface area contributed by atoms with E-state index in [2.05, 4.69) is 4.99 Å². The van der Waals surface area contributed by atoms with E-state index in [-0.39, 0.29) is 41.5 Å². The minimum atomic E-state index is -1.10. The second kappa shape index (κ2) is 9.07. The third-order valence-electron chi connectivity index (χ3n) is 6.27. The van der Waals surface area contributed by atoms with Gasteiger partial charge in [-0.2, -0.15) is 0 Å². The van der Waals surface area contributed by atoms with Gasteiger partial charge in [0.1, 0.15) is 6.54 Å². The number of aliphatic imine (C=N–C) groups is 1. The number of rotatable bonds is 7. The number of fused-ring (bicyclic) bond motifs is 3. The van der Waals surface area contributed by atoms with Gasteiger partial charge in [0, 0.05) is 28.6 Å². The number of aromatic nitrogens is 1. The Hall–Kier alpha value is -4.85. The number of ketones is 2. The highest BCUT2D eigenvalue weighted by molar-refractivity contribution is 6.26. The summed E-state index contributed by atoms with van der Waals surface area (Å²) < 4.78 is 1.76. The van der Waals surface area contributed by atoms with Crippen molar-refractivity contribution in [1.82, 2.24) is 4.57 Å². The molecule has 3 aromatic carbocycles. The first kappa shape index (κ1) is 22.9. The van der Waals surface area contributed by atoms with Gasteiger partial charge in [-0.25, -0.2) is 0 Å². The number of carbonyl (C=O) groups is 4. The van der Waals surface area contributed by atoms with Gasteiger partial charge in [0.15, 0.2) is 11.6 Å². The number of hydrogen-bond donors (Lipinski definition) is 2. The molecule has 1 amide bonds. The molecule has 0 saturated heterocycles. The zero-order valence-electron chi connectivity index (χ0n) is 19.1. The Morgan fingerprint density at radius 1 is 0.917 bits per heavy atom. The summed E-state index contributed by atoms with van der Waals surface area (Å²) in [6.07, 6.45) is -0.396. The molecular weight excluding hydrogens is 458 g/mol. The Balaban J connectivity index is 1.75. The van der Waals surface area contributed by atoms with E-state index in [1.807, 2.05) is 18.2 Å². The molecular formula is C28H21N3O5. The lowest BCUT2D eigenvalue weighted by Crippen LogP contribution is -2.24. The summed E-state index contributed by atoms with van der Waals surface area (Å²) in [4.78, 5) is 54.5. The highest BCUT2D eigenvalue weighted by Gasteiger charge is 2.32. The van der Waals surface area contributed by atoms with Gasteiger partial charge in [0.05, 0.1) is 28.9 Å². The molecule has 3 N–H and O–H groups in total. The van der Waals surface area contributed by atoms with Crippen LogP contribution in [0, 0.1) is 0 Å². The van der Waals surface area contributed by atoms with Gasteiger partial charge in [-0.05, 0) is 17.7 Å². The molecule has 1 aromatic heterocycles. The molecule has 8 nitrogen and oxygen atoms in total. The normalized spacial score (nSPS) is 12.8. The summed E-state index contributed by atoms with van der Waals surface area (Å²) in [5.41, 5.74) is 8.81. The summed E-state index contributed by atoms with van der Waals surface area (Å²) in [5, 5.41) is 9.87. The Kier molecular flexibility index (Phi) is 5.77. The smallest absolute Gasteiger partial charge is 0.309 e. The van der Waals surface area contributed by atoms with Gasteiger partial charge in [0.2, 0.25) is 5.91 Å². The van der Waals surface area contributed by atoms with Crippen molar-refractivity contribution < 1.29 is 24.3 Å². The monoisotopic (exact) mass is 479 g/mol. The largest absolute Gasteiger partial charge is 0.481 e. The number of carboxylic acid groups (broad SMARTS) is 1. The van der Waals surface area contributed by atoms with Crippen LogP contribution >= 0.6 is 0 Å². The van der Waals surface area contributed by atoms with Crippen molar-refractivity contribution in [2.45, 2.75) is 13.0 Å². The maximum atomic E-state index is 13.3. The van der Waals surface area contributed by atoms with Crippen molar-refractivity contribution >= 4 is 40.1 Å². The van der Waals surface area contributed by atoms with Crippen LogP contribution in [-0.4, -0.2) is 45.4 Å². The van der Waals surface area contributed by atoms with Crippen LogP contribution in [0.25, 0.3) is 10.9 Å². The summed E-state index contributed by atoms with van der Waals surface area (Å²) in [6.45, 7) is -0.0698. The lowest BCUT2D eigenvalue weighted by atomic mass is 9.96. The summed E-state index contributed by atoms with van der Waals surface area (Å²) in [7, 11) is 0. The highest BCUT2D eigenvalue weighted by atomic mass is 16.4. The van der Waals surface area contributed by atoms with E-state index in [9.17, 15) is 24.3 Å². The number of primary amides is 1. The number of hydrogen-bond acceptors (Lipinski definition) is 5. The maximum absolute atomic E-state index is 13.3. The van der Waals surface area contributed by atoms with Crippen molar-refractivity contribution in [3.05, 3.63) is 106 Å². The maximum Gasteiger partial charge on any atom is 0.309 e. The van der Waals surface area contributed by atoms with Crippen LogP contribution in [0.5, 0.6) is 0 Å². The molecule has 178 valence electrons. The van der Waals surface area contributed by atoms with Crippen molar-refractivity contribution in [3.63, 3.8) is 0 Å². The number of aliphatic carboxylic acids is 1. The van der Waals surface area contributed by atoms with E-state index in [0.29, 0.717) is 33.3 Å². The lowest BCUT2D eigenvalue weighted by molar-refractivity contribution is -0.135. The Morgan fingerprint density at radius 2 is 1.61 bits per heavy atom. The molecule has 0 unspecified atom stereocenters. The molecule has 4 aromatic rings. The molecule has 0 aliphatic carbocycles. The number of carbonyl (C=O) groups excluding carboxylic acids is 3. The standard InChI is InChI=1S/C28H21N3O5/c29-28(36)19-11-6-12-21-24(19)25-22(32)14-30-20(13-23(33)34)26(25)31(21)15-17-9-4-5-10-18(17)27(35)16-7-2-1-3-8-16/h1-12H,13-15H2,(H2,29,36)(H,33,34). The van der Waals surface area contributed by atoms with Crippen LogP contribution in [0.1, 0.15) is 54.3 Å². The first-order valence-electron chi connectivity index (χ1n) is 11.3. The minimum absolute atomic E-state index is 0.148. The number of carboxylic acids is 1. The van der Waals surface area contributed by atoms with Crippen molar-refractivity contribution in [1.29, 1.82) is 0 Å². The lowest BCUT2D eigenvalue weighted by Gasteiger charge is -2.18. The molecule has 2 heterocycles. The fourth-order valence-corrected chi connectivity index (χ4v) is 4.74. The Bertz CT molecular complexity index is 1600. The average Bonchev–Trinajstić information content (AvgIpc) is 3.21. The van der Waals surface area contributed by atoms with Gasteiger partial charge in [-0.3, -0.25) is 24.2 Å². The highest BCUT2D eigenvalue weighted by Crippen LogP contribution is 2.34. The Morgan fingerprint density at radius 3 is 2.33 bits per heavy atom. The van der Waals surface area contributed by atoms with E-state index < -0.39 is 18.3 Å². The van der Waals surface area contributed by atoms with Crippen LogP contribution in [0.3, 0.4) is 0 Å². The molecule has 0 radical (unpaired) electrons. The van der Waals surface area contributed by atoms with Gasteiger partial charge in [-0.15, -0.1) is 0 Å². The first-order valence-corrected chi connectivity index (χ1v) is 11.3. The SMILES string of the molecule is NC(=O)c1cccc2c1c1c(n2Cc2ccccc2C(=O)c2ccccc2)C(CC(=O)O)=NCC1=O. The fraction of sp³-hybridized carbons (Fsp3) is 0.107. The quantitative estimate of drug-likeness (QED) is 0.392. The van der Waals surface area contributed by atoms with E-state index in [4.69, 9.17) is 5.73 Å². The Labute approximate surface area is 205 Å². The molecule has 36 heavy (non-hydrogen) atoms. The van der Waals surface area contributed by atoms with Gasteiger partial charge >= 0.3 is 5.97 Å². The van der Waals surface area contributed by atoms with Gasteiger partial charge < -0.3 is 15.4 Å².